The first-order valence-corrected chi connectivity index (χ1v) is 11.7. The minimum absolute atomic E-state index is 0.268. The average Bonchev–Trinajstić information content (AvgIpc) is 2.84. The van der Waals surface area contributed by atoms with Gasteiger partial charge >= 0.3 is 0 Å². The molecule has 0 aromatic heterocycles. The normalized spacial score (nSPS) is 11.4. The molecule has 0 spiro atoms. The van der Waals surface area contributed by atoms with E-state index in [1.807, 2.05) is 72.8 Å². The maximum Gasteiger partial charge on any atom is 0.131 e. The van der Waals surface area contributed by atoms with Gasteiger partial charge in [-0.1, -0.05) is 57.2 Å². The number of hydrogen-bond acceptors (Lipinski definition) is 4. The lowest BCUT2D eigenvalue weighted by Crippen LogP contribution is -2.34. The van der Waals surface area contributed by atoms with Crippen molar-refractivity contribution in [3.63, 3.8) is 0 Å². The lowest BCUT2D eigenvalue weighted by Gasteiger charge is -2.40. The van der Waals surface area contributed by atoms with Crippen LogP contribution in [0.3, 0.4) is 0 Å². The van der Waals surface area contributed by atoms with Crippen molar-refractivity contribution in [1.29, 1.82) is 0 Å². The number of nitrogens with two attached hydrogens (primary N) is 2. The van der Waals surface area contributed by atoms with Gasteiger partial charge in [-0.25, -0.2) is 0 Å². The summed E-state index contributed by atoms with van der Waals surface area (Å²) in [4.78, 5) is 0. The lowest BCUT2D eigenvalue weighted by molar-refractivity contribution is 0.331. The second-order valence-electron chi connectivity index (χ2n) is 8.81. The smallest absolute Gasteiger partial charge is 0.131 e. The van der Waals surface area contributed by atoms with E-state index in [4.69, 9.17) is 20.9 Å². The van der Waals surface area contributed by atoms with Crippen LogP contribution >= 0.6 is 0 Å². The van der Waals surface area contributed by atoms with Crippen molar-refractivity contribution in [3.05, 3.63) is 108 Å². The summed E-state index contributed by atoms with van der Waals surface area (Å²) < 4.78 is 12.8. The fourth-order valence-corrected chi connectivity index (χ4v) is 4.73. The zero-order valence-electron chi connectivity index (χ0n) is 20.0. The molecule has 0 aliphatic carbocycles. The van der Waals surface area contributed by atoms with Crippen LogP contribution in [0.4, 0.5) is 11.4 Å². The number of para-hydroxylation sites is 2. The third-order valence-corrected chi connectivity index (χ3v) is 6.49. The van der Waals surface area contributed by atoms with E-state index >= 15 is 0 Å². The summed E-state index contributed by atoms with van der Waals surface area (Å²) in [7, 11) is 0. The number of rotatable bonds is 8. The molecule has 34 heavy (non-hydrogen) atoms. The Morgan fingerprint density at radius 3 is 1.35 bits per heavy atom. The Kier molecular flexibility index (Phi) is 6.78. The molecular formula is C30H32N2O2. The van der Waals surface area contributed by atoms with Gasteiger partial charge in [0.25, 0.3) is 0 Å². The summed E-state index contributed by atoms with van der Waals surface area (Å²) in [5.41, 5.74) is 15.1. The molecule has 4 rings (SSSR count). The Labute approximate surface area is 202 Å². The van der Waals surface area contributed by atoms with Crippen LogP contribution in [0.5, 0.6) is 23.0 Å². The largest absolute Gasteiger partial charge is 0.457 e. The van der Waals surface area contributed by atoms with Gasteiger partial charge in [0.05, 0.1) is 0 Å². The summed E-state index contributed by atoms with van der Waals surface area (Å²) in [6.07, 6.45) is 0.870. The minimum Gasteiger partial charge on any atom is -0.457 e. The van der Waals surface area contributed by atoms with Crippen LogP contribution in [0, 0.1) is 5.92 Å². The average molecular weight is 453 g/mol. The topological polar surface area (TPSA) is 70.5 Å². The van der Waals surface area contributed by atoms with E-state index in [9.17, 15) is 0 Å². The Hall–Kier alpha value is -3.92. The van der Waals surface area contributed by atoms with Crippen LogP contribution in [0.25, 0.3) is 0 Å². The van der Waals surface area contributed by atoms with E-state index in [1.165, 1.54) is 0 Å². The van der Waals surface area contributed by atoms with Gasteiger partial charge in [-0.15, -0.1) is 0 Å². The van der Waals surface area contributed by atoms with Crippen LogP contribution in [-0.4, -0.2) is 0 Å². The first kappa shape index (κ1) is 23.2. The van der Waals surface area contributed by atoms with Crippen LogP contribution in [0.1, 0.15) is 38.3 Å². The summed E-state index contributed by atoms with van der Waals surface area (Å²) >= 11 is 0. The van der Waals surface area contributed by atoms with Gasteiger partial charge in [-0.05, 0) is 73.0 Å². The van der Waals surface area contributed by atoms with Crippen molar-refractivity contribution in [2.75, 3.05) is 11.5 Å². The van der Waals surface area contributed by atoms with E-state index in [2.05, 4.69) is 45.0 Å². The van der Waals surface area contributed by atoms with E-state index in [0.29, 0.717) is 11.4 Å². The Bertz CT molecular complexity index is 1140. The highest BCUT2D eigenvalue weighted by Crippen LogP contribution is 2.50. The molecule has 0 amide bonds. The molecule has 0 saturated heterocycles. The fraction of sp³-hybridized carbons (Fsp3) is 0.200. The van der Waals surface area contributed by atoms with Crippen LogP contribution < -0.4 is 20.9 Å². The highest BCUT2D eigenvalue weighted by molar-refractivity contribution is 5.55. The van der Waals surface area contributed by atoms with E-state index in [0.717, 1.165) is 40.5 Å². The molecule has 0 aliphatic rings. The molecule has 4 aromatic carbocycles. The number of anilines is 2. The summed E-state index contributed by atoms with van der Waals surface area (Å²) in [6.45, 7) is 6.73. The number of nitrogen functional groups attached to an aromatic ring is 2. The number of hydrogen-bond donors (Lipinski definition) is 2. The first-order valence-electron chi connectivity index (χ1n) is 11.7. The quantitative estimate of drug-likeness (QED) is 0.268. The second kappa shape index (κ2) is 9.92. The maximum absolute atomic E-state index is 6.41. The molecule has 4 N–H and O–H groups in total. The highest BCUT2D eigenvalue weighted by Gasteiger charge is 2.40. The minimum atomic E-state index is -0.338. The Balaban J connectivity index is 1.83. The van der Waals surface area contributed by atoms with Gasteiger partial charge < -0.3 is 20.9 Å². The number of benzene rings is 4. The molecule has 0 heterocycles. The second-order valence-corrected chi connectivity index (χ2v) is 8.81. The van der Waals surface area contributed by atoms with Crippen molar-refractivity contribution in [2.45, 2.75) is 32.6 Å². The Morgan fingerprint density at radius 2 is 1.00 bits per heavy atom. The van der Waals surface area contributed by atoms with Crippen LogP contribution in [0.15, 0.2) is 97.1 Å². The summed E-state index contributed by atoms with van der Waals surface area (Å²) in [5.74, 6) is 3.42. The van der Waals surface area contributed by atoms with Gasteiger partial charge in [-0.2, -0.15) is 0 Å². The van der Waals surface area contributed by atoms with Crippen molar-refractivity contribution >= 4 is 11.4 Å². The molecular weight excluding hydrogens is 420 g/mol. The van der Waals surface area contributed by atoms with Gasteiger partial charge in [0.15, 0.2) is 0 Å². The molecule has 0 unspecified atom stereocenters. The van der Waals surface area contributed by atoms with Crippen LogP contribution in [-0.2, 0) is 5.41 Å². The van der Waals surface area contributed by atoms with Gasteiger partial charge in [-0.3, -0.25) is 0 Å². The third-order valence-electron chi connectivity index (χ3n) is 6.49. The van der Waals surface area contributed by atoms with E-state index in [-0.39, 0.29) is 11.3 Å². The van der Waals surface area contributed by atoms with Gasteiger partial charge in [0.2, 0.25) is 0 Å². The van der Waals surface area contributed by atoms with Crippen molar-refractivity contribution < 1.29 is 9.47 Å². The molecule has 4 nitrogen and oxygen atoms in total. The maximum atomic E-state index is 6.41. The van der Waals surface area contributed by atoms with E-state index in [1.54, 1.807) is 0 Å². The predicted octanol–water partition coefficient (Wildman–Crippen LogP) is 7.79. The SMILES string of the molecule is CCC(c1ccccc1Oc1ccc(N)cc1)(c1ccccc1Oc1ccc(N)cc1)C(C)C. The molecule has 4 heteroatoms. The van der Waals surface area contributed by atoms with E-state index < -0.39 is 0 Å². The standard InChI is InChI=1S/C30H32N2O2/c1-4-30(21(2)3,26-9-5-7-11-28(26)33-24-17-13-22(31)14-18-24)27-10-6-8-12-29(27)34-25-19-15-23(32)16-20-25/h5-21H,4,31-32H2,1-3H3. The zero-order chi connectivity index (χ0) is 24.1. The Morgan fingerprint density at radius 1 is 0.618 bits per heavy atom. The summed E-state index contributed by atoms with van der Waals surface area (Å²) in [6, 6.07) is 31.5. The van der Waals surface area contributed by atoms with Gasteiger partial charge in [0.1, 0.15) is 23.0 Å². The predicted molar refractivity (Wildman–Crippen MR) is 141 cm³/mol. The molecule has 0 fully saturated rings. The zero-order valence-corrected chi connectivity index (χ0v) is 20.0. The fourth-order valence-electron chi connectivity index (χ4n) is 4.73. The highest BCUT2D eigenvalue weighted by atomic mass is 16.5. The van der Waals surface area contributed by atoms with Crippen molar-refractivity contribution in [2.24, 2.45) is 5.92 Å². The van der Waals surface area contributed by atoms with Crippen molar-refractivity contribution in [1.82, 2.24) is 0 Å². The third kappa shape index (κ3) is 4.58. The molecule has 0 aliphatic heterocycles. The van der Waals surface area contributed by atoms with Gasteiger partial charge in [0, 0.05) is 27.9 Å². The monoisotopic (exact) mass is 452 g/mol. The molecule has 0 saturated carbocycles. The molecule has 4 aromatic rings. The van der Waals surface area contributed by atoms with Crippen LogP contribution in [0.2, 0.25) is 0 Å². The van der Waals surface area contributed by atoms with Crippen molar-refractivity contribution in [3.8, 4) is 23.0 Å². The lowest BCUT2D eigenvalue weighted by atomic mass is 9.64. The first-order chi connectivity index (χ1) is 16.4. The summed E-state index contributed by atoms with van der Waals surface area (Å²) in [5, 5.41) is 0. The number of ether oxygens (including phenoxy) is 2. The molecule has 174 valence electrons. The molecule has 0 bridgehead atoms. The molecule has 0 radical (unpaired) electrons. The molecule has 0 atom stereocenters.